The van der Waals surface area contributed by atoms with Crippen LogP contribution in [0.1, 0.15) is 6.92 Å². The molecule has 0 aromatic rings. The van der Waals surface area contributed by atoms with Crippen LogP contribution in [0.15, 0.2) is 12.2 Å². The Bertz CT molecular complexity index is 75.7. The fourth-order valence-electron chi connectivity index (χ4n) is 0.281. The maximum atomic E-state index is 11.7. The second kappa shape index (κ2) is 9.17. The van der Waals surface area contributed by atoms with Crippen LogP contribution in [0.2, 0.25) is 0 Å². The zero-order valence-corrected chi connectivity index (χ0v) is 7.29. The summed E-state index contributed by atoms with van der Waals surface area (Å²) in [5, 5.41) is 0. The average molecular weight is 191 g/mol. The third-order valence-electron chi connectivity index (χ3n) is 0.599. The average Bonchev–Trinajstić information content (AvgIpc) is 1.61. The van der Waals surface area contributed by atoms with Gasteiger partial charge >= 0.3 is 0 Å². The van der Waals surface area contributed by atoms with Gasteiger partial charge in [-0.1, -0.05) is 6.08 Å². The molecule has 0 aromatic carbocycles. The molecule has 0 aliphatic carbocycles. The minimum atomic E-state index is -1.37. The van der Waals surface area contributed by atoms with Crippen molar-refractivity contribution in [1.82, 2.24) is 0 Å². The Morgan fingerprint density at radius 2 is 1.60 bits per heavy atom. The second-order valence-electron chi connectivity index (χ2n) is 1.69. The minimum Gasteiger partial charge on any atom is -0.325 e. The summed E-state index contributed by atoms with van der Waals surface area (Å²) >= 11 is 0. The molecule has 0 bridgehead atoms. The van der Waals surface area contributed by atoms with E-state index in [1.165, 1.54) is 12.2 Å². The molecule has 0 radical (unpaired) electrons. The van der Waals surface area contributed by atoms with Crippen LogP contribution in [-0.2, 0) is 0 Å². The fraction of sp³-hybridized carbons (Fsp3) is 0.600. The van der Waals surface area contributed by atoms with Crippen molar-refractivity contribution in [2.45, 2.75) is 19.3 Å². The lowest BCUT2D eigenvalue weighted by molar-refractivity contribution is 0.411. The summed E-state index contributed by atoms with van der Waals surface area (Å²) in [6, 6.07) is -0.114. The Hall–Kier alpha value is 0.170. The molecule has 2 unspecified atom stereocenters. The van der Waals surface area contributed by atoms with E-state index in [2.05, 4.69) is 0 Å². The SMILES string of the molecule is CC(N)/C=C/C(N)F.Cl.Cl. The van der Waals surface area contributed by atoms with Gasteiger partial charge in [-0.15, -0.1) is 24.8 Å². The third-order valence-corrected chi connectivity index (χ3v) is 0.599. The maximum Gasteiger partial charge on any atom is 0.167 e. The van der Waals surface area contributed by atoms with Gasteiger partial charge in [-0.05, 0) is 13.0 Å². The van der Waals surface area contributed by atoms with E-state index in [1.54, 1.807) is 6.92 Å². The van der Waals surface area contributed by atoms with Gasteiger partial charge in [0.05, 0.1) is 0 Å². The lowest BCUT2D eigenvalue weighted by Crippen LogP contribution is -2.14. The first-order valence-electron chi connectivity index (χ1n) is 2.46. The van der Waals surface area contributed by atoms with Crippen molar-refractivity contribution in [2.24, 2.45) is 11.5 Å². The van der Waals surface area contributed by atoms with Crippen LogP contribution in [-0.4, -0.2) is 12.3 Å². The highest BCUT2D eigenvalue weighted by Crippen LogP contribution is 1.84. The van der Waals surface area contributed by atoms with Crippen molar-refractivity contribution >= 4 is 24.8 Å². The van der Waals surface area contributed by atoms with Gasteiger partial charge in [0.2, 0.25) is 0 Å². The molecule has 0 aromatic heterocycles. The van der Waals surface area contributed by atoms with Crippen LogP contribution in [0.5, 0.6) is 0 Å². The van der Waals surface area contributed by atoms with Crippen molar-refractivity contribution in [2.75, 3.05) is 0 Å². The van der Waals surface area contributed by atoms with Gasteiger partial charge in [-0.2, -0.15) is 0 Å². The highest BCUT2D eigenvalue weighted by atomic mass is 35.5. The summed E-state index contributed by atoms with van der Waals surface area (Å²) in [6.45, 7) is 1.75. The number of rotatable bonds is 2. The van der Waals surface area contributed by atoms with E-state index in [4.69, 9.17) is 11.5 Å². The molecule has 4 N–H and O–H groups in total. The minimum absolute atomic E-state index is 0. The summed E-state index contributed by atoms with van der Waals surface area (Å²) in [5.74, 6) is 0. The lowest BCUT2D eigenvalue weighted by atomic mass is 10.3. The molecule has 5 heteroatoms. The lowest BCUT2D eigenvalue weighted by Gasteiger charge is -1.94. The highest BCUT2D eigenvalue weighted by Gasteiger charge is 1.88. The van der Waals surface area contributed by atoms with Crippen molar-refractivity contribution in [3.63, 3.8) is 0 Å². The normalized spacial score (nSPS) is 15.2. The van der Waals surface area contributed by atoms with Gasteiger partial charge in [0, 0.05) is 6.04 Å². The van der Waals surface area contributed by atoms with Gasteiger partial charge < -0.3 is 5.73 Å². The van der Waals surface area contributed by atoms with Gasteiger partial charge in [0.1, 0.15) is 0 Å². The first kappa shape index (κ1) is 16.6. The molecule has 0 amide bonds. The van der Waals surface area contributed by atoms with E-state index < -0.39 is 6.30 Å². The number of alkyl halides is 1. The zero-order chi connectivity index (χ0) is 6.57. The van der Waals surface area contributed by atoms with E-state index in [9.17, 15) is 4.39 Å². The Morgan fingerprint density at radius 3 is 1.70 bits per heavy atom. The Labute approximate surface area is 72.7 Å². The van der Waals surface area contributed by atoms with E-state index in [1.807, 2.05) is 0 Å². The molecule has 0 rings (SSSR count). The molecule has 2 atom stereocenters. The van der Waals surface area contributed by atoms with Crippen molar-refractivity contribution in [3.8, 4) is 0 Å². The van der Waals surface area contributed by atoms with Gasteiger partial charge in [0.25, 0.3) is 0 Å². The van der Waals surface area contributed by atoms with Crippen LogP contribution >= 0.6 is 24.8 Å². The zero-order valence-electron chi connectivity index (χ0n) is 5.66. The van der Waals surface area contributed by atoms with Gasteiger partial charge in [-0.25, -0.2) is 4.39 Å². The van der Waals surface area contributed by atoms with Crippen LogP contribution in [0.3, 0.4) is 0 Å². The van der Waals surface area contributed by atoms with E-state index in [0.29, 0.717) is 0 Å². The molecule has 64 valence electrons. The highest BCUT2D eigenvalue weighted by molar-refractivity contribution is 5.85. The Kier molecular flexibility index (Phi) is 15.3. The molecule has 0 heterocycles. The second-order valence-corrected chi connectivity index (χ2v) is 1.69. The first-order chi connectivity index (χ1) is 3.63. The predicted octanol–water partition coefficient (Wildman–Crippen LogP) is 0.988. The maximum absolute atomic E-state index is 11.7. The topological polar surface area (TPSA) is 52.0 Å². The number of hydrogen-bond donors (Lipinski definition) is 2. The van der Waals surface area contributed by atoms with Crippen molar-refractivity contribution < 1.29 is 4.39 Å². The van der Waals surface area contributed by atoms with Crippen molar-refractivity contribution in [1.29, 1.82) is 0 Å². The summed E-state index contributed by atoms with van der Waals surface area (Å²) < 4.78 is 11.7. The third kappa shape index (κ3) is 15.7. The summed E-state index contributed by atoms with van der Waals surface area (Å²) in [4.78, 5) is 0. The molecular weight excluding hydrogens is 178 g/mol. The number of nitrogens with two attached hydrogens (primary N) is 2. The summed E-state index contributed by atoms with van der Waals surface area (Å²) in [6.07, 6.45) is 1.37. The number of hydrogen-bond acceptors (Lipinski definition) is 2. The predicted molar refractivity (Wildman–Crippen MR) is 46.4 cm³/mol. The quantitative estimate of drug-likeness (QED) is 0.505. The molecule has 0 spiro atoms. The molecule has 0 fully saturated rings. The monoisotopic (exact) mass is 190 g/mol. The summed E-state index contributed by atoms with van der Waals surface area (Å²) in [7, 11) is 0. The molecule has 0 saturated carbocycles. The van der Waals surface area contributed by atoms with E-state index in [-0.39, 0.29) is 30.9 Å². The molecule has 10 heavy (non-hydrogen) atoms. The van der Waals surface area contributed by atoms with Crippen molar-refractivity contribution in [3.05, 3.63) is 12.2 Å². The molecule has 2 nitrogen and oxygen atoms in total. The number of halogens is 3. The fourth-order valence-corrected chi connectivity index (χ4v) is 0.281. The molecule has 0 saturated heterocycles. The van der Waals surface area contributed by atoms with Crippen LogP contribution < -0.4 is 11.5 Å². The smallest absolute Gasteiger partial charge is 0.167 e. The summed E-state index contributed by atoms with van der Waals surface area (Å²) in [5.41, 5.74) is 9.96. The first-order valence-corrected chi connectivity index (χ1v) is 2.46. The van der Waals surface area contributed by atoms with E-state index in [0.717, 1.165) is 0 Å². The van der Waals surface area contributed by atoms with Gasteiger partial charge in [-0.3, -0.25) is 5.73 Å². The van der Waals surface area contributed by atoms with Crippen LogP contribution in [0, 0.1) is 0 Å². The standard InChI is InChI=1S/C5H11FN2.2ClH/c1-4(7)2-3-5(6)8;;/h2-5H,7-8H2,1H3;2*1H/b3-2+;;. The molecule has 0 aliphatic heterocycles. The largest absolute Gasteiger partial charge is 0.325 e. The van der Waals surface area contributed by atoms with Crippen LogP contribution in [0.4, 0.5) is 4.39 Å². The van der Waals surface area contributed by atoms with E-state index >= 15 is 0 Å². The Balaban J connectivity index is -0.000000245. The molecule has 0 aliphatic rings. The van der Waals surface area contributed by atoms with Crippen LogP contribution in [0.25, 0.3) is 0 Å². The Morgan fingerprint density at radius 1 is 1.20 bits per heavy atom. The van der Waals surface area contributed by atoms with Gasteiger partial charge in [0.15, 0.2) is 6.30 Å². The molecular formula is C5H13Cl2FN2.